The van der Waals surface area contributed by atoms with Crippen molar-refractivity contribution < 1.29 is 17.9 Å². The van der Waals surface area contributed by atoms with Crippen molar-refractivity contribution >= 4 is 0 Å². The summed E-state index contributed by atoms with van der Waals surface area (Å²) in [6, 6.07) is 0. The zero-order valence-corrected chi connectivity index (χ0v) is 5.45. The van der Waals surface area contributed by atoms with Crippen LogP contribution in [-0.4, -0.2) is 12.5 Å². The zero-order chi connectivity index (χ0) is 7.61. The van der Waals surface area contributed by atoms with Crippen molar-refractivity contribution in [2.24, 2.45) is 0 Å². The van der Waals surface area contributed by atoms with E-state index in [0.717, 1.165) is 12.8 Å². The van der Waals surface area contributed by atoms with Gasteiger partial charge in [-0.25, -0.2) is 0 Å². The second kappa shape index (κ2) is 2.78. The number of hydrogen-bond acceptors (Lipinski definition) is 1. The fourth-order valence-corrected chi connectivity index (χ4v) is 1.20. The Labute approximate surface area is 57.2 Å². The molecule has 1 nitrogen and oxygen atoms in total. The topological polar surface area (TPSA) is 9.23 Å². The zero-order valence-electron chi connectivity index (χ0n) is 5.45. The van der Waals surface area contributed by atoms with Gasteiger partial charge in [-0.3, -0.25) is 4.74 Å². The summed E-state index contributed by atoms with van der Waals surface area (Å²) in [6.45, 7) is 0. The molecule has 1 aliphatic rings. The first-order chi connectivity index (χ1) is 4.58. The molecule has 0 aromatic heterocycles. The van der Waals surface area contributed by atoms with E-state index >= 15 is 0 Å². The maximum Gasteiger partial charge on any atom is 0.522 e. The summed E-state index contributed by atoms with van der Waals surface area (Å²) in [5, 5.41) is 0. The highest BCUT2D eigenvalue weighted by Crippen LogP contribution is 2.28. The molecule has 0 heterocycles. The van der Waals surface area contributed by atoms with Crippen molar-refractivity contribution in [2.75, 3.05) is 0 Å². The van der Waals surface area contributed by atoms with Crippen LogP contribution in [0.4, 0.5) is 13.2 Å². The molecule has 0 atom stereocenters. The lowest BCUT2D eigenvalue weighted by molar-refractivity contribution is -0.341. The highest BCUT2D eigenvalue weighted by Gasteiger charge is 2.34. The molecule has 0 bridgehead atoms. The minimum absolute atomic E-state index is 0.555. The third-order valence-corrected chi connectivity index (χ3v) is 1.60. The van der Waals surface area contributed by atoms with Crippen LogP contribution < -0.4 is 0 Å². The Morgan fingerprint density at radius 2 is 1.60 bits per heavy atom. The normalized spacial score (nSPS) is 21.9. The van der Waals surface area contributed by atoms with Gasteiger partial charge in [0, 0.05) is 0 Å². The van der Waals surface area contributed by atoms with Gasteiger partial charge in [-0.15, -0.1) is 13.2 Å². The lowest BCUT2D eigenvalue weighted by atomic mass is 10.3. The minimum atomic E-state index is -4.44. The standard InChI is InChI=1S/C6H9F3O/c7-6(8,9)10-5-3-1-2-4-5/h5H,1-4H2. The predicted octanol–water partition coefficient (Wildman–Crippen LogP) is 2.47. The van der Waals surface area contributed by atoms with Crippen LogP contribution >= 0.6 is 0 Å². The summed E-state index contributed by atoms with van der Waals surface area (Å²) in [6.07, 6.45) is -2.17. The van der Waals surface area contributed by atoms with Crippen molar-refractivity contribution in [3.05, 3.63) is 0 Å². The molecule has 0 saturated heterocycles. The van der Waals surface area contributed by atoms with Gasteiger partial charge in [0.05, 0.1) is 6.10 Å². The summed E-state index contributed by atoms with van der Waals surface area (Å²) in [4.78, 5) is 0. The van der Waals surface area contributed by atoms with E-state index in [4.69, 9.17) is 0 Å². The van der Waals surface area contributed by atoms with E-state index in [0.29, 0.717) is 12.8 Å². The van der Waals surface area contributed by atoms with Crippen molar-refractivity contribution in [3.63, 3.8) is 0 Å². The Morgan fingerprint density at radius 1 is 1.10 bits per heavy atom. The lowest BCUT2D eigenvalue weighted by Gasteiger charge is -2.12. The Hall–Kier alpha value is -0.250. The summed E-state index contributed by atoms with van der Waals surface area (Å²) in [7, 11) is 0. The number of rotatable bonds is 1. The highest BCUT2D eigenvalue weighted by molar-refractivity contribution is 4.66. The van der Waals surface area contributed by atoms with E-state index < -0.39 is 12.5 Å². The first-order valence-corrected chi connectivity index (χ1v) is 3.32. The molecule has 1 aliphatic carbocycles. The molecule has 0 N–H and O–H groups in total. The summed E-state index contributed by atoms with van der Waals surface area (Å²) in [5.74, 6) is 0. The molecule has 4 heteroatoms. The molecule has 60 valence electrons. The van der Waals surface area contributed by atoms with E-state index in [1.165, 1.54) is 0 Å². The van der Waals surface area contributed by atoms with Crippen molar-refractivity contribution in [2.45, 2.75) is 38.1 Å². The monoisotopic (exact) mass is 154 g/mol. The molecule has 0 radical (unpaired) electrons. The molecule has 1 saturated carbocycles. The van der Waals surface area contributed by atoms with Crippen LogP contribution in [0.2, 0.25) is 0 Å². The second-order valence-electron chi connectivity index (χ2n) is 2.47. The average Bonchev–Trinajstić information content (AvgIpc) is 2.12. The first-order valence-electron chi connectivity index (χ1n) is 3.32. The van der Waals surface area contributed by atoms with Gasteiger partial charge in [0.1, 0.15) is 0 Å². The van der Waals surface area contributed by atoms with Gasteiger partial charge in [-0.1, -0.05) is 12.8 Å². The molecule has 0 aromatic rings. The van der Waals surface area contributed by atoms with Gasteiger partial charge in [0.25, 0.3) is 0 Å². The average molecular weight is 154 g/mol. The molecule has 10 heavy (non-hydrogen) atoms. The second-order valence-corrected chi connectivity index (χ2v) is 2.47. The van der Waals surface area contributed by atoms with Crippen LogP contribution in [0, 0.1) is 0 Å². The Bertz CT molecular complexity index is 104. The van der Waals surface area contributed by atoms with Crippen molar-refractivity contribution in [1.29, 1.82) is 0 Å². The van der Waals surface area contributed by atoms with Crippen LogP contribution in [0.25, 0.3) is 0 Å². The first kappa shape index (κ1) is 7.85. The van der Waals surface area contributed by atoms with Gasteiger partial charge in [-0.05, 0) is 12.8 Å². The van der Waals surface area contributed by atoms with Crippen LogP contribution in [-0.2, 0) is 4.74 Å². The quantitative estimate of drug-likeness (QED) is 0.563. The van der Waals surface area contributed by atoms with Gasteiger partial charge in [-0.2, -0.15) is 0 Å². The van der Waals surface area contributed by atoms with Crippen LogP contribution in [0.5, 0.6) is 0 Å². The fraction of sp³-hybridized carbons (Fsp3) is 1.00. The molecular formula is C6H9F3O. The van der Waals surface area contributed by atoms with Crippen LogP contribution in [0.3, 0.4) is 0 Å². The molecule has 0 aromatic carbocycles. The smallest absolute Gasteiger partial charge is 0.289 e. The third kappa shape index (κ3) is 2.56. The van der Waals surface area contributed by atoms with E-state index in [1.54, 1.807) is 0 Å². The van der Waals surface area contributed by atoms with Crippen LogP contribution in [0.15, 0.2) is 0 Å². The molecule has 0 aliphatic heterocycles. The third-order valence-electron chi connectivity index (χ3n) is 1.60. The minimum Gasteiger partial charge on any atom is -0.289 e. The summed E-state index contributed by atoms with van der Waals surface area (Å²) >= 11 is 0. The van der Waals surface area contributed by atoms with Gasteiger partial charge in [0.15, 0.2) is 0 Å². The Balaban J connectivity index is 2.24. The highest BCUT2D eigenvalue weighted by atomic mass is 19.4. The van der Waals surface area contributed by atoms with E-state index in [-0.39, 0.29) is 0 Å². The van der Waals surface area contributed by atoms with E-state index in [1.807, 2.05) is 0 Å². The number of ether oxygens (including phenoxy) is 1. The molecule has 1 fully saturated rings. The van der Waals surface area contributed by atoms with Gasteiger partial charge < -0.3 is 0 Å². The predicted molar refractivity (Wildman–Crippen MR) is 29.4 cm³/mol. The maximum absolute atomic E-state index is 11.5. The molecule has 0 amide bonds. The van der Waals surface area contributed by atoms with Crippen molar-refractivity contribution in [3.8, 4) is 0 Å². The Kier molecular flexibility index (Phi) is 2.18. The maximum atomic E-state index is 11.5. The van der Waals surface area contributed by atoms with Crippen molar-refractivity contribution in [1.82, 2.24) is 0 Å². The van der Waals surface area contributed by atoms with E-state index in [9.17, 15) is 13.2 Å². The SMILES string of the molecule is FC(F)(F)OC1CCCC1. The molecular weight excluding hydrogens is 145 g/mol. The fourth-order valence-electron chi connectivity index (χ4n) is 1.20. The van der Waals surface area contributed by atoms with E-state index in [2.05, 4.69) is 4.74 Å². The number of alkyl halides is 3. The number of hydrogen-bond donors (Lipinski definition) is 0. The van der Waals surface area contributed by atoms with Gasteiger partial charge >= 0.3 is 6.36 Å². The molecule has 1 rings (SSSR count). The molecule has 0 spiro atoms. The Morgan fingerprint density at radius 3 is 2.00 bits per heavy atom. The van der Waals surface area contributed by atoms with Crippen LogP contribution in [0.1, 0.15) is 25.7 Å². The lowest BCUT2D eigenvalue weighted by Crippen LogP contribution is -2.21. The molecule has 0 unspecified atom stereocenters. The summed E-state index contributed by atoms with van der Waals surface area (Å²) < 4.78 is 38.3. The largest absolute Gasteiger partial charge is 0.522 e. The van der Waals surface area contributed by atoms with Gasteiger partial charge in [0.2, 0.25) is 0 Å². The summed E-state index contributed by atoms with van der Waals surface area (Å²) in [5.41, 5.74) is 0. The number of halogens is 3.